The van der Waals surface area contributed by atoms with Gasteiger partial charge >= 0.3 is 0 Å². The van der Waals surface area contributed by atoms with Crippen molar-refractivity contribution in [3.05, 3.63) is 35.9 Å². The largest absolute Gasteiger partial charge is 0.353 e. The van der Waals surface area contributed by atoms with Crippen LogP contribution in [0.25, 0.3) is 0 Å². The smallest absolute Gasteiger partial charge is 0.237 e. The first-order valence-corrected chi connectivity index (χ1v) is 8.06. The Hall–Kier alpha value is -0.560. The number of nitrogens with one attached hydrogen (secondary N) is 1. The molecule has 1 amide bonds. The molecule has 1 aromatic rings. The zero-order valence-electron chi connectivity index (χ0n) is 14.9. The van der Waals surface area contributed by atoms with Gasteiger partial charge in [-0.2, -0.15) is 0 Å². The lowest BCUT2D eigenvalue weighted by Gasteiger charge is -2.36. The van der Waals surface area contributed by atoms with Gasteiger partial charge in [-0.25, -0.2) is 0 Å². The Kier molecular flexibility index (Phi) is 14.5. The fraction of sp³-hybridized carbons (Fsp3) is 0.588. The van der Waals surface area contributed by atoms with E-state index in [0.717, 1.165) is 31.7 Å². The van der Waals surface area contributed by atoms with Crippen molar-refractivity contribution >= 4 is 43.1 Å². The van der Waals surface area contributed by atoms with Crippen molar-refractivity contribution < 1.29 is 4.79 Å². The molecule has 25 heavy (non-hydrogen) atoms. The van der Waals surface area contributed by atoms with Crippen LogP contribution in [0.1, 0.15) is 12.5 Å². The van der Waals surface area contributed by atoms with Crippen molar-refractivity contribution in [1.82, 2.24) is 15.1 Å². The van der Waals surface area contributed by atoms with Crippen LogP contribution in [-0.2, 0) is 11.2 Å². The lowest BCUT2D eigenvalue weighted by Crippen LogP contribution is -2.52. The Balaban J connectivity index is 0. The number of nitrogens with zero attached hydrogens (tertiary/aromatic N) is 2. The molecule has 0 aromatic heterocycles. The third-order valence-electron chi connectivity index (χ3n) is 4.37. The maximum absolute atomic E-state index is 12.1. The van der Waals surface area contributed by atoms with Crippen LogP contribution in [0.4, 0.5) is 0 Å². The summed E-state index contributed by atoms with van der Waals surface area (Å²) in [5.41, 5.74) is 7.09. The number of nitrogens with two attached hydrogens (primary N) is 1. The van der Waals surface area contributed by atoms with Crippen LogP contribution in [0.15, 0.2) is 30.3 Å². The van der Waals surface area contributed by atoms with Crippen LogP contribution < -0.4 is 11.1 Å². The summed E-state index contributed by atoms with van der Waals surface area (Å²) >= 11 is 0. The first-order valence-electron chi connectivity index (χ1n) is 8.06. The predicted molar refractivity (Wildman–Crippen MR) is 111 cm³/mol. The summed E-state index contributed by atoms with van der Waals surface area (Å²) in [6.45, 7) is 7.12. The number of benzene rings is 1. The minimum Gasteiger partial charge on any atom is -0.353 e. The van der Waals surface area contributed by atoms with Crippen molar-refractivity contribution in [1.29, 1.82) is 0 Å². The van der Waals surface area contributed by atoms with E-state index in [0.29, 0.717) is 19.0 Å². The van der Waals surface area contributed by atoms with E-state index in [1.165, 1.54) is 0 Å². The number of hydrogen-bond donors (Lipinski definition) is 2. The van der Waals surface area contributed by atoms with E-state index < -0.39 is 6.04 Å². The summed E-state index contributed by atoms with van der Waals surface area (Å²) < 4.78 is 0. The van der Waals surface area contributed by atoms with E-state index in [9.17, 15) is 4.79 Å². The van der Waals surface area contributed by atoms with E-state index in [-0.39, 0.29) is 43.1 Å². The highest BCUT2D eigenvalue weighted by Gasteiger charge is 2.20. The molecular weight excluding hydrogens is 383 g/mol. The third-order valence-corrected chi connectivity index (χ3v) is 4.37. The van der Waals surface area contributed by atoms with Gasteiger partial charge in [0.15, 0.2) is 0 Å². The second kappa shape index (κ2) is 13.6. The molecule has 8 heteroatoms. The first-order chi connectivity index (χ1) is 10.6. The molecule has 0 saturated carbocycles. The molecule has 1 fully saturated rings. The molecule has 0 bridgehead atoms. The minimum absolute atomic E-state index is 0. The molecule has 0 aliphatic carbocycles. The maximum Gasteiger partial charge on any atom is 0.237 e. The van der Waals surface area contributed by atoms with Crippen molar-refractivity contribution in [2.24, 2.45) is 5.73 Å². The number of amides is 1. The zero-order valence-corrected chi connectivity index (χ0v) is 17.3. The van der Waals surface area contributed by atoms with Gasteiger partial charge in [-0.1, -0.05) is 30.3 Å². The van der Waals surface area contributed by atoms with E-state index in [2.05, 4.69) is 29.1 Å². The Morgan fingerprint density at radius 2 is 1.68 bits per heavy atom. The van der Waals surface area contributed by atoms with Gasteiger partial charge in [0.2, 0.25) is 5.91 Å². The number of piperazine rings is 1. The van der Waals surface area contributed by atoms with E-state index >= 15 is 0 Å². The fourth-order valence-electron chi connectivity index (χ4n) is 2.73. The van der Waals surface area contributed by atoms with Crippen LogP contribution in [-0.4, -0.2) is 67.6 Å². The van der Waals surface area contributed by atoms with Gasteiger partial charge < -0.3 is 16.0 Å². The molecule has 1 aromatic carbocycles. The summed E-state index contributed by atoms with van der Waals surface area (Å²) in [5.74, 6) is -0.0650. The molecule has 1 saturated heterocycles. The molecule has 2 unspecified atom stereocenters. The number of rotatable bonds is 6. The fourth-order valence-corrected chi connectivity index (χ4v) is 2.73. The minimum atomic E-state index is -0.484. The Morgan fingerprint density at radius 1 is 1.12 bits per heavy atom. The number of carbonyl (C=O) groups excluding carboxylic acids is 1. The van der Waals surface area contributed by atoms with Crippen molar-refractivity contribution in [2.45, 2.75) is 25.4 Å². The monoisotopic (exact) mass is 412 g/mol. The van der Waals surface area contributed by atoms with Gasteiger partial charge in [0.1, 0.15) is 0 Å². The van der Waals surface area contributed by atoms with Gasteiger partial charge in [0, 0.05) is 38.8 Å². The normalized spacial score (nSPS) is 17.2. The lowest BCUT2D eigenvalue weighted by molar-refractivity contribution is -0.122. The molecule has 1 aliphatic rings. The molecule has 146 valence electrons. The summed E-state index contributed by atoms with van der Waals surface area (Å²) in [6, 6.07) is 9.76. The predicted octanol–water partition coefficient (Wildman–Crippen LogP) is 1.57. The summed E-state index contributed by atoms with van der Waals surface area (Å²) in [6.07, 6.45) is 0.579. The highest BCUT2D eigenvalue weighted by molar-refractivity contribution is 5.86. The first kappa shape index (κ1) is 26.7. The standard InChI is InChI=1S/C17H28N4O.3ClH/c1-14(21-10-8-20(2)9-11-21)13-19-17(22)16(18)12-15-6-4-3-5-7-15;;;/h3-7,14,16H,8-13,18H2,1-2H3,(H,19,22);3*1H. The van der Waals surface area contributed by atoms with Gasteiger partial charge in [-0.3, -0.25) is 9.69 Å². The second-order valence-electron chi connectivity index (χ2n) is 6.23. The molecule has 3 N–H and O–H groups in total. The highest BCUT2D eigenvalue weighted by atomic mass is 35.5. The van der Waals surface area contributed by atoms with E-state index in [1.807, 2.05) is 30.3 Å². The molecule has 2 rings (SSSR count). The summed E-state index contributed by atoms with van der Waals surface area (Å²) in [4.78, 5) is 16.9. The molecule has 2 atom stereocenters. The van der Waals surface area contributed by atoms with Crippen LogP contribution in [0.5, 0.6) is 0 Å². The van der Waals surface area contributed by atoms with Crippen molar-refractivity contribution in [3.63, 3.8) is 0 Å². The number of halogens is 3. The second-order valence-corrected chi connectivity index (χ2v) is 6.23. The number of carbonyl (C=O) groups is 1. The van der Waals surface area contributed by atoms with Crippen molar-refractivity contribution in [2.75, 3.05) is 39.8 Å². The van der Waals surface area contributed by atoms with Crippen LogP contribution in [0.2, 0.25) is 0 Å². The van der Waals surface area contributed by atoms with Crippen molar-refractivity contribution in [3.8, 4) is 0 Å². The summed E-state index contributed by atoms with van der Waals surface area (Å²) in [5, 5.41) is 2.99. The average Bonchev–Trinajstić information content (AvgIpc) is 2.53. The lowest BCUT2D eigenvalue weighted by atomic mass is 10.1. The molecular formula is C17H31Cl3N4O. The van der Waals surface area contributed by atoms with Crippen LogP contribution in [0, 0.1) is 0 Å². The molecule has 1 aliphatic heterocycles. The Morgan fingerprint density at radius 3 is 2.24 bits per heavy atom. The molecule has 1 heterocycles. The number of likely N-dealkylation sites (N-methyl/N-ethyl adjacent to an activating group) is 1. The highest BCUT2D eigenvalue weighted by Crippen LogP contribution is 2.05. The molecule has 0 spiro atoms. The maximum atomic E-state index is 12.1. The van der Waals surface area contributed by atoms with Gasteiger partial charge in [-0.05, 0) is 26.0 Å². The average molecular weight is 414 g/mol. The number of hydrogen-bond acceptors (Lipinski definition) is 4. The van der Waals surface area contributed by atoms with Gasteiger partial charge in [-0.15, -0.1) is 37.2 Å². The summed E-state index contributed by atoms with van der Waals surface area (Å²) in [7, 11) is 2.15. The Labute approximate surface area is 169 Å². The van der Waals surface area contributed by atoms with E-state index in [1.54, 1.807) is 0 Å². The van der Waals surface area contributed by atoms with Crippen LogP contribution >= 0.6 is 37.2 Å². The van der Waals surface area contributed by atoms with Crippen LogP contribution in [0.3, 0.4) is 0 Å². The van der Waals surface area contributed by atoms with Gasteiger partial charge in [0.05, 0.1) is 6.04 Å². The van der Waals surface area contributed by atoms with Gasteiger partial charge in [0.25, 0.3) is 0 Å². The molecule has 0 radical (unpaired) electrons. The quantitative estimate of drug-likeness (QED) is 0.743. The third kappa shape index (κ3) is 9.08. The SMILES string of the molecule is CC(CNC(=O)C(N)Cc1ccccc1)N1CCN(C)CC1.Cl.Cl.Cl. The topological polar surface area (TPSA) is 61.6 Å². The Bertz CT molecular complexity index is 470. The zero-order chi connectivity index (χ0) is 15.9. The molecule has 5 nitrogen and oxygen atoms in total. The van der Waals surface area contributed by atoms with E-state index in [4.69, 9.17) is 5.73 Å².